The van der Waals surface area contributed by atoms with Gasteiger partial charge in [0.2, 0.25) is 0 Å². The molecule has 1 aromatic heterocycles. The van der Waals surface area contributed by atoms with Gasteiger partial charge in [0.05, 0.1) is 11.6 Å². The molecule has 1 aliphatic carbocycles. The van der Waals surface area contributed by atoms with Crippen LogP contribution in [0.4, 0.5) is 5.88 Å². The van der Waals surface area contributed by atoms with E-state index in [-0.39, 0.29) is 11.3 Å². The monoisotopic (exact) mass is 302 g/mol. The summed E-state index contributed by atoms with van der Waals surface area (Å²) in [6, 6.07) is 2.49. The lowest BCUT2D eigenvalue weighted by Crippen LogP contribution is -2.54. The van der Waals surface area contributed by atoms with Crippen LogP contribution in [0.25, 0.3) is 0 Å². The number of carbonyl (C=O) groups excluding carboxylic acids is 1. The van der Waals surface area contributed by atoms with Crippen molar-refractivity contribution in [1.82, 2.24) is 5.32 Å². The second kappa shape index (κ2) is 4.48. The molecular formula is C10H11BrN2O4. The zero-order valence-corrected chi connectivity index (χ0v) is 10.5. The first kappa shape index (κ1) is 12.1. The number of furan rings is 1. The van der Waals surface area contributed by atoms with Crippen molar-refractivity contribution in [2.75, 3.05) is 5.33 Å². The van der Waals surface area contributed by atoms with Crippen molar-refractivity contribution in [2.24, 2.45) is 0 Å². The normalized spacial score (nSPS) is 17.2. The van der Waals surface area contributed by atoms with Crippen molar-refractivity contribution >= 4 is 27.7 Å². The van der Waals surface area contributed by atoms with Crippen molar-refractivity contribution in [1.29, 1.82) is 0 Å². The second-order valence-electron chi connectivity index (χ2n) is 4.12. The van der Waals surface area contributed by atoms with Crippen LogP contribution in [0.5, 0.6) is 0 Å². The minimum Gasteiger partial charge on any atom is -0.395 e. The van der Waals surface area contributed by atoms with Crippen LogP contribution in [0.15, 0.2) is 16.5 Å². The van der Waals surface area contributed by atoms with E-state index in [1.807, 2.05) is 0 Å². The summed E-state index contributed by atoms with van der Waals surface area (Å²) in [5.74, 6) is -0.849. The van der Waals surface area contributed by atoms with Gasteiger partial charge in [0, 0.05) is 5.33 Å². The van der Waals surface area contributed by atoms with Gasteiger partial charge in [0.25, 0.3) is 5.91 Å². The SMILES string of the molecule is O=C(NC1(CBr)CCC1)c1ccc([N+](=O)[O-])o1. The summed E-state index contributed by atoms with van der Waals surface area (Å²) >= 11 is 3.36. The fourth-order valence-electron chi connectivity index (χ4n) is 1.75. The molecule has 1 amide bonds. The Bertz CT molecular complexity index is 447. The largest absolute Gasteiger partial charge is 0.433 e. The number of nitrogens with zero attached hydrogens (tertiary/aromatic N) is 1. The molecule has 0 radical (unpaired) electrons. The smallest absolute Gasteiger partial charge is 0.395 e. The number of alkyl halides is 1. The molecule has 0 bridgehead atoms. The predicted octanol–water partition coefficient (Wildman–Crippen LogP) is 2.24. The Kier molecular flexibility index (Phi) is 3.19. The predicted molar refractivity (Wildman–Crippen MR) is 63.2 cm³/mol. The minimum absolute atomic E-state index is 0.0241. The zero-order chi connectivity index (χ0) is 12.5. The van der Waals surface area contributed by atoms with Crippen LogP contribution in [0.2, 0.25) is 0 Å². The molecule has 0 atom stereocenters. The fraction of sp³-hybridized carbons (Fsp3) is 0.500. The van der Waals surface area contributed by atoms with E-state index in [0.29, 0.717) is 5.33 Å². The molecule has 7 heteroatoms. The average molecular weight is 303 g/mol. The van der Waals surface area contributed by atoms with E-state index in [2.05, 4.69) is 21.2 Å². The summed E-state index contributed by atoms with van der Waals surface area (Å²) in [5, 5.41) is 13.9. The molecule has 0 saturated heterocycles. The maximum absolute atomic E-state index is 11.8. The number of rotatable bonds is 4. The van der Waals surface area contributed by atoms with Crippen molar-refractivity contribution in [2.45, 2.75) is 24.8 Å². The summed E-state index contributed by atoms with van der Waals surface area (Å²) in [7, 11) is 0. The van der Waals surface area contributed by atoms with E-state index in [1.165, 1.54) is 12.1 Å². The molecular weight excluding hydrogens is 292 g/mol. The number of nitrogens with one attached hydrogen (secondary N) is 1. The third-order valence-corrected chi connectivity index (χ3v) is 4.01. The molecule has 0 aromatic carbocycles. The number of hydrogen-bond donors (Lipinski definition) is 1. The molecule has 1 N–H and O–H groups in total. The highest BCUT2D eigenvalue weighted by Crippen LogP contribution is 2.33. The highest BCUT2D eigenvalue weighted by molar-refractivity contribution is 9.09. The number of halogens is 1. The molecule has 0 aliphatic heterocycles. The Morgan fingerprint density at radius 1 is 1.59 bits per heavy atom. The standard InChI is InChI=1S/C10H11BrN2O4/c11-6-10(4-1-5-10)12-9(14)7-2-3-8(17-7)13(15)16/h2-3H,1,4-6H2,(H,12,14). The van der Waals surface area contributed by atoms with Gasteiger partial charge in [-0.15, -0.1) is 0 Å². The van der Waals surface area contributed by atoms with E-state index in [4.69, 9.17) is 4.42 Å². The lowest BCUT2D eigenvalue weighted by Gasteiger charge is -2.40. The first-order chi connectivity index (χ1) is 8.06. The van der Waals surface area contributed by atoms with E-state index in [0.717, 1.165) is 19.3 Å². The van der Waals surface area contributed by atoms with E-state index < -0.39 is 16.7 Å². The van der Waals surface area contributed by atoms with Gasteiger partial charge in [0.1, 0.15) is 4.92 Å². The topological polar surface area (TPSA) is 85.4 Å². The molecule has 1 aliphatic rings. The third-order valence-electron chi connectivity index (χ3n) is 2.94. The quantitative estimate of drug-likeness (QED) is 0.525. The van der Waals surface area contributed by atoms with Crippen molar-refractivity contribution in [3.8, 4) is 0 Å². The Morgan fingerprint density at radius 2 is 2.29 bits per heavy atom. The van der Waals surface area contributed by atoms with Crippen LogP contribution in [0, 0.1) is 10.1 Å². The molecule has 1 fully saturated rings. The van der Waals surface area contributed by atoms with E-state index in [1.54, 1.807) is 0 Å². The number of carbonyl (C=O) groups is 1. The average Bonchev–Trinajstić information content (AvgIpc) is 2.72. The molecule has 0 spiro atoms. The fourth-order valence-corrected chi connectivity index (χ4v) is 2.45. The highest BCUT2D eigenvalue weighted by Gasteiger charge is 2.38. The molecule has 6 nitrogen and oxygen atoms in total. The van der Waals surface area contributed by atoms with Gasteiger partial charge in [-0.1, -0.05) is 15.9 Å². The Balaban J connectivity index is 2.06. The Labute approximate surface area is 106 Å². The van der Waals surface area contributed by atoms with Gasteiger partial charge in [-0.25, -0.2) is 0 Å². The second-order valence-corrected chi connectivity index (χ2v) is 4.68. The van der Waals surface area contributed by atoms with Gasteiger partial charge in [-0.2, -0.15) is 0 Å². The van der Waals surface area contributed by atoms with Crippen molar-refractivity contribution in [3.05, 3.63) is 28.0 Å². The summed E-state index contributed by atoms with van der Waals surface area (Å²) in [5.41, 5.74) is -0.224. The molecule has 0 unspecified atom stereocenters. The molecule has 92 valence electrons. The zero-order valence-electron chi connectivity index (χ0n) is 8.94. The maximum Gasteiger partial charge on any atom is 0.433 e. The van der Waals surface area contributed by atoms with Gasteiger partial charge in [-0.05, 0) is 25.3 Å². The lowest BCUT2D eigenvalue weighted by atomic mass is 9.78. The van der Waals surface area contributed by atoms with E-state index >= 15 is 0 Å². The molecule has 1 saturated carbocycles. The number of hydrogen-bond acceptors (Lipinski definition) is 4. The van der Waals surface area contributed by atoms with Crippen LogP contribution in [-0.2, 0) is 0 Å². The number of nitro groups is 1. The van der Waals surface area contributed by atoms with Gasteiger partial charge in [-0.3, -0.25) is 14.9 Å². The maximum atomic E-state index is 11.8. The Morgan fingerprint density at radius 3 is 2.71 bits per heavy atom. The summed E-state index contributed by atoms with van der Waals surface area (Å²) in [6.07, 6.45) is 2.89. The van der Waals surface area contributed by atoms with Gasteiger partial charge < -0.3 is 9.73 Å². The summed E-state index contributed by atoms with van der Waals surface area (Å²) in [6.45, 7) is 0. The van der Waals surface area contributed by atoms with Crippen molar-refractivity contribution in [3.63, 3.8) is 0 Å². The molecule has 17 heavy (non-hydrogen) atoms. The van der Waals surface area contributed by atoms with Crippen LogP contribution in [-0.4, -0.2) is 21.7 Å². The first-order valence-corrected chi connectivity index (χ1v) is 6.31. The molecule has 1 heterocycles. The Hall–Kier alpha value is -1.37. The summed E-state index contributed by atoms with van der Waals surface area (Å²) < 4.78 is 4.84. The number of amides is 1. The lowest BCUT2D eigenvalue weighted by molar-refractivity contribution is -0.402. The molecule has 2 rings (SSSR count). The van der Waals surface area contributed by atoms with Crippen LogP contribution >= 0.6 is 15.9 Å². The van der Waals surface area contributed by atoms with Gasteiger partial charge in [0.15, 0.2) is 5.76 Å². The first-order valence-electron chi connectivity index (χ1n) is 5.19. The van der Waals surface area contributed by atoms with Crippen LogP contribution < -0.4 is 5.32 Å². The summed E-state index contributed by atoms with van der Waals surface area (Å²) in [4.78, 5) is 21.6. The van der Waals surface area contributed by atoms with E-state index in [9.17, 15) is 14.9 Å². The van der Waals surface area contributed by atoms with Crippen molar-refractivity contribution < 1.29 is 14.1 Å². The minimum atomic E-state index is -0.666. The van der Waals surface area contributed by atoms with Crippen LogP contribution in [0.1, 0.15) is 29.8 Å². The highest BCUT2D eigenvalue weighted by atomic mass is 79.9. The third kappa shape index (κ3) is 2.33. The van der Waals surface area contributed by atoms with Crippen LogP contribution in [0.3, 0.4) is 0 Å². The molecule has 1 aromatic rings. The van der Waals surface area contributed by atoms with Gasteiger partial charge >= 0.3 is 5.88 Å².